The molecule has 2 fully saturated rings. The molecule has 1 aliphatic carbocycles. The predicted octanol–water partition coefficient (Wildman–Crippen LogP) is 4.92. The smallest absolute Gasteiger partial charge is 0.147 e. The zero-order valence-corrected chi connectivity index (χ0v) is 18.1. The highest BCUT2D eigenvalue weighted by atomic mass is 19.1. The zero-order valence-electron chi connectivity index (χ0n) is 18.1. The average molecular weight is 419 g/mol. The number of benzene rings is 2. The molecular formula is C25H27FN4O. The SMILES string of the molecule is CCN1CCN(c2cc3c(cc2F)c2nc4ccc(OC)cc4c-2cn3C2CC2)CC1. The Balaban J connectivity index is 1.55. The Morgan fingerprint density at radius 1 is 1.06 bits per heavy atom. The van der Waals surface area contributed by atoms with Crippen LogP contribution in [-0.4, -0.2) is 54.3 Å². The first kappa shape index (κ1) is 18.9. The van der Waals surface area contributed by atoms with Gasteiger partial charge in [-0.3, -0.25) is 0 Å². The Kier molecular flexibility index (Phi) is 4.32. The maximum Gasteiger partial charge on any atom is 0.147 e. The van der Waals surface area contributed by atoms with Gasteiger partial charge in [-0.05, 0) is 49.7 Å². The lowest BCUT2D eigenvalue weighted by molar-refractivity contribution is 0.270. The van der Waals surface area contributed by atoms with E-state index in [1.54, 1.807) is 13.2 Å². The number of anilines is 1. The summed E-state index contributed by atoms with van der Waals surface area (Å²) in [7, 11) is 1.68. The molecule has 0 unspecified atom stereocenters. The number of methoxy groups -OCH3 is 1. The van der Waals surface area contributed by atoms with E-state index in [-0.39, 0.29) is 5.82 Å². The fourth-order valence-electron chi connectivity index (χ4n) is 4.96. The molecule has 0 atom stereocenters. The van der Waals surface area contributed by atoms with Gasteiger partial charge in [-0.15, -0.1) is 0 Å². The molecule has 4 aliphatic rings. The van der Waals surface area contributed by atoms with Crippen LogP contribution >= 0.6 is 0 Å². The highest BCUT2D eigenvalue weighted by Gasteiger charge is 2.29. The zero-order chi connectivity index (χ0) is 21.1. The number of hydrogen-bond acceptors (Lipinski definition) is 4. The van der Waals surface area contributed by atoms with Crippen LogP contribution < -0.4 is 9.64 Å². The van der Waals surface area contributed by atoms with E-state index < -0.39 is 0 Å². The lowest BCUT2D eigenvalue weighted by atomic mass is 10.0. The maximum atomic E-state index is 15.4. The summed E-state index contributed by atoms with van der Waals surface area (Å²) >= 11 is 0. The van der Waals surface area contributed by atoms with E-state index >= 15 is 4.39 Å². The summed E-state index contributed by atoms with van der Waals surface area (Å²) in [4.78, 5) is 9.50. The molecule has 5 nitrogen and oxygen atoms in total. The summed E-state index contributed by atoms with van der Waals surface area (Å²) in [6.45, 7) is 6.91. The summed E-state index contributed by atoms with van der Waals surface area (Å²) in [5.41, 5.74) is 4.66. The van der Waals surface area contributed by atoms with Crippen molar-refractivity contribution in [3.05, 3.63) is 42.3 Å². The van der Waals surface area contributed by atoms with Crippen LogP contribution in [0.25, 0.3) is 33.1 Å². The van der Waals surface area contributed by atoms with Crippen LogP contribution in [-0.2, 0) is 0 Å². The molecule has 0 aromatic heterocycles. The Labute approximate surface area is 181 Å². The largest absolute Gasteiger partial charge is 0.497 e. The molecular weight excluding hydrogens is 391 g/mol. The van der Waals surface area contributed by atoms with Gasteiger partial charge in [0.25, 0.3) is 0 Å². The molecule has 6 rings (SSSR count). The van der Waals surface area contributed by atoms with E-state index in [2.05, 4.69) is 33.6 Å². The van der Waals surface area contributed by atoms with Crippen molar-refractivity contribution in [1.29, 1.82) is 0 Å². The summed E-state index contributed by atoms with van der Waals surface area (Å²) < 4.78 is 23.2. The van der Waals surface area contributed by atoms with Crippen molar-refractivity contribution in [3.8, 4) is 17.0 Å². The van der Waals surface area contributed by atoms with Gasteiger partial charge in [0.15, 0.2) is 0 Å². The van der Waals surface area contributed by atoms with Crippen molar-refractivity contribution in [3.63, 3.8) is 0 Å². The Bertz CT molecular complexity index is 1250. The van der Waals surface area contributed by atoms with E-state index in [0.717, 1.165) is 77.2 Å². The number of pyridine rings is 1. The summed E-state index contributed by atoms with van der Waals surface area (Å²) in [6, 6.07) is 10.2. The van der Waals surface area contributed by atoms with Gasteiger partial charge in [0.2, 0.25) is 0 Å². The first-order valence-corrected chi connectivity index (χ1v) is 11.2. The fourth-order valence-corrected chi connectivity index (χ4v) is 4.96. The molecule has 3 aliphatic heterocycles. The van der Waals surface area contributed by atoms with Gasteiger partial charge in [-0.1, -0.05) is 6.92 Å². The Morgan fingerprint density at radius 3 is 2.58 bits per heavy atom. The normalized spacial score (nSPS) is 17.8. The molecule has 0 radical (unpaired) electrons. The third-order valence-electron chi connectivity index (χ3n) is 6.95. The van der Waals surface area contributed by atoms with Crippen LogP contribution in [0.1, 0.15) is 25.8 Å². The van der Waals surface area contributed by atoms with Crippen molar-refractivity contribution >= 4 is 27.5 Å². The van der Waals surface area contributed by atoms with Gasteiger partial charge in [-0.25, -0.2) is 9.37 Å². The molecule has 1 saturated carbocycles. The highest BCUT2D eigenvalue weighted by Crippen LogP contribution is 2.44. The lowest BCUT2D eigenvalue weighted by Crippen LogP contribution is -2.46. The molecule has 3 heterocycles. The number of rotatable bonds is 4. The number of nitrogens with zero attached hydrogens (tertiary/aromatic N) is 4. The second-order valence-corrected chi connectivity index (χ2v) is 8.77. The van der Waals surface area contributed by atoms with Crippen LogP contribution in [0.2, 0.25) is 0 Å². The molecule has 6 heteroatoms. The second kappa shape index (κ2) is 7.09. The second-order valence-electron chi connectivity index (χ2n) is 8.77. The van der Waals surface area contributed by atoms with Gasteiger partial charge in [0.1, 0.15) is 11.6 Å². The maximum absolute atomic E-state index is 15.4. The van der Waals surface area contributed by atoms with Crippen LogP contribution in [0.5, 0.6) is 5.75 Å². The number of piperazine rings is 1. The minimum atomic E-state index is -0.156. The predicted molar refractivity (Wildman–Crippen MR) is 123 cm³/mol. The third-order valence-corrected chi connectivity index (χ3v) is 6.95. The van der Waals surface area contributed by atoms with Crippen LogP contribution in [0.4, 0.5) is 10.1 Å². The van der Waals surface area contributed by atoms with Crippen molar-refractivity contribution in [2.24, 2.45) is 0 Å². The molecule has 2 aromatic carbocycles. The number of aromatic nitrogens is 2. The molecule has 0 spiro atoms. The molecule has 31 heavy (non-hydrogen) atoms. The van der Waals surface area contributed by atoms with E-state index in [1.807, 2.05) is 18.2 Å². The topological polar surface area (TPSA) is 33.5 Å². The minimum absolute atomic E-state index is 0.156. The molecule has 160 valence electrons. The van der Waals surface area contributed by atoms with Crippen molar-refractivity contribution in [2.45, 2.75) is 25.8 Å². The van der Waals surface area contributed by atoms with Gasteiger partial charge in [-0.2, -0.15) is 0 Å². The number of fused-ring (bicyclic) bond motifs is 5. The van der Waals surface area contributed by atoms with Crippen LogP contribution in [0, 0.1) is 5.82 Å². The number of likely N-dealkylation sites (N-methyl/N-ethyl adjacent to an activating group) is 1. The molecule has 2 aromatic rings. The molecule has 0 amide bonds. The minimum Gasteiger partial charge on any atom is -0.497 e. The molecule has 1 saturated heterocycles. The first-order chi connectivity index (χ1) is 15.2. The third kappa shape index (κ3) is 3.04. The molecule has 0 bridgehead atoms. The van der Waals surface area contributed by atoms with E-state index in [1.165, 1.54) is 12.8 Å². The van der Waals surface area contributed by atoms with Crippen LogP contribution in [0.3, 0.4) is 0 Å². The highest BCUT2D eigenvalue weighted by molar-refractivity contribution is 6.07. The van der Waals surface area contributed by atoms with E-state index in [0.29, 0.717) is 6.04 Å². The summed E-state index contributed by atoms with van der Waals surface area (Å²) in [5.74, 6) is 0.657. The van der Waals surface area contributed by atoms with Gasteiger partial charge >= 0.3 is 0 Å². The van der Waals surface area contributed by atoms with Gasteiger partial charge < -0.3 is 19.1 Å². The Hall–Kier alpha value is -2.86. The van der Waals surface area contributed by atoms with Crippen molar-refractivity contribution in [2.75, 3.05) is 44.7 Å². The van der Waals surface area contributed by atoms with Crippen molar-refractivity contribution < 1.29 is 9.13 Å². The quantitative estimate of drug-likeness (QED) is 0.471. The lowest BCUT2D eigenvalue weighted by Gasteiger charge is -2.35. The monoisotopic (exact) mass is 418 g/mol. The van der Waals surface area contributed by atoms with E-state index in [9.17, 15) is 0 Å². The van der Waals surface area contributed by atoms with Crippen LogP contribution in [0.15, 0.2) is 36.5 Å². The Morgan fingerprint density at radius 2 is 1.87 bits per heavy atom. The van der Waals surface area contributed by atoms with Gasteiger partial charge in [0.05, 0.1) is 29.5 Å². The summed E-state index contributed by atoms with van der Waals surface area (Å²) in [5, 5.41) is 1.96. The van der Waals surface area contributed by atoms with E-state index in [4.69, 9.17) is 9.72 Å². The average Bonchev–Trinajstić information content (AvgIpc) is 3.58. The van der Waals surface area contributed by atoms with Gasteiger partial charge in [0, 0.05) is 54.8 Å². The molecule has 0 N–H and O–H groups in total. The fraction of sp³-hybridized carbons (Fsp3) is 0.400. The number of halogens is 1. The van der Waals surface area contributed by atoms with Crippen molar-refractivity contribution in [1.82, 2.24) is 14.5 Å². The number of ether oxygens (including phenoxy) is 1. The summed E-state index contributed by atoms with van der Waals surface area (Å²) in [6.07, 6.45) is 4.56. The standard InChI is InChI=1S/C25H27FN4O/c1-3-28-8-10-29(11-9-28)24-14-23-19(13-21(24)26)25-20(15-30(23)16-4-5-16)18-12-17(31-2)6-7-22(18)27-25/h6-7,12-16H,3-5,8-11H2,1-2H3. The first-order valence-electron chi connectivity index (χ1n) is 11.2. The number of hydrogen-bond donors (Lipinski definition) is 0.